The summed E-state index contributed by atoms with van der Waals surface area (Å²) < 4.78 is 11.3. The average Bonchev–Trinajstić information content (AvgIpc) is 3.44. The third kappa shape index (κ3) is 3.91. The number of benzene rings is 2. The number of hydrogen-bond donors (Lipinski definition) is 1. The molecule has 1 aromatic heterocycles. The van der Waals surface area contributed by atoms with Crippen LogP contribution in [-0.4, -0.2) is 23.4 Å². The molecule has 1 unspecified atom stereocenters. The number of furan rings is 1. The van der Waals surface area contributed by atoms with Crippen molar-refractivity contribution in [1.82, 2.24) is 0 Å². The number of carbonyl (C=O) groups is 2. The van der Waals surface area contributed by atoms with E-state index in [0.717, 1.165) is 18.4 Å². The zero-order valence-electron chi connectivity index (χ0n) is 18.1. The largest absolute Gasteiger partial charge is 0.507 e. The topological polar surface area (TPSA) is 80.0 Å². The van der Waals surface area contributed by atoms with Gasteiger partial charge in [0.05, 0.1) is 18.4 Å². The average molecular weight is 431 g/mol. The van der Waals surface area contributed by atoms with E-state index in [2.05, 4.69) is 0 Å². The second-order valence-electron chi connectivity index (χ2n) is 7.58. The maximum absolute atomic E-state index is 13.1. The Morgan fingerprint density at radius 3 is 2.50 bits per heavy atom. The smallest absolute Gasteiger partial charge is 0.300 e. The molecule has 32 heavy (non-hydrogen) atoms. The Morgan fingerprint density at radius 1 is 1.06 bits per heavy atom. The molecule has 1 aliphatic rings. The summed E-state index contributed by atoms with van der Waals surface area (Å²) in [5, 5.41) is 11.1. The van der Waals surface area contributed by atoms with E-state index in [1.807, 2.05) is 26.0 Å². The molecule has 1 atom stereocenters. The number of anilines is 1. The van der Waals surface area contributed by atoms with Gasteiger partial charge < -0.3 is 14.3 Å². The number of Topliss-reactive ketones (excluding diaryl/α,β-unsaturated/α-hetero) is 1. The van der Waals surface area contributed by atoms with E-state index in [4.69, 9.17) is 9.15 Å². The predicted molar refractivity (Wildman–Crippen MR) is 122 cm³/mol. The summed E-state index contributed by atoms with van der Waals surface area (Å²) >= 11 is 0. The van der Waals surface area contributed by atoms with E-state index in [-0.39, 0.29) is 11.3 Å². The van der Waals surface area contributed by atoms with Crippen LogP contribution >= 0.6 is 0 Å². The minimum Gasteiger partial charge on any atom is -0.507 e. The number of ether oxygens (including phenoxy) is 1. The maximum Gasteiger partial charge on any atom is 0.300 e. The summed E-state index contributed by atoms with van der Waals surface area (Å²) in [6.07, 6.45) is 3.18. The van der Waals surface area contributed by atoms with Gasteiger partial charge in [-0.15, -0.1) is 0 Å². The van der Waals surface area contributed by atoms with Crippen LogP contribution in [0.25, 0.3) is 5.76 Å². The molecule has 1 aliphatic heterocycles. The zero-order valence-corrected chi connectivity index (χ0v) is 18.1. The molecule has 0 saturated carbocycles. The number of rotatable bonds is 7. The van der Waals surface area contributed by atoms with Crippen molar-refractivity contribution in [3.63, 3.8) is 0 Å². The highest BCUT2D eigenvalue weighted by atomic mass is 16.5. The quantitative estimate of drug-likeness (QED) is 0.314. The van der Waals surface area contributed by atoms with Crippen molar-refractivity contribution in [1.29, 1.82) is 0 Å². The highest BCUT2D eigenvalue weighted by molar-refractivity contribution is 6.51. The molecule has 6 nitrogen and oxygen atoms in total. The molecule has 3 aromatic rings. The molecule has 164 valence electrons. The van der Waals surface area contributed by atoms with Crippen molar-refractivity contribution in [2.75, 3.05) is 11.5 Å². The Labute approximate surface area is 186 Å². The van der Waals surface area contributed by atoms with Crippen LogP contribution in [0.3, 0.4) is 0 Å². The van der Waals surface area contributed by atoms with Crippen molar-refractivity contribution in [3.05, 3.63) is 89.4 Å². The van der Waals surface area contributed by atoms with Crippen LogP contribution < -0.4 is 9.64 Å². The minimum atomic E-state index is -0.891. The molecule has 4 rings (SSSR count). The lowest BCUT2D eigenvalue weighted by Gasteiger charge is -2.23. The van der Waals surface area contributed by atoms with Gasteiger partial charge in [0.15, 0.2) is 0 Å². The monoisotopic (exact) mass is 431 g/mol. The molecule has 0 aliphatic carbocycles. The second-order valence-corrected chi connectivity index (χ2v) is 7.58. The SMILES string of the molecule is CCCOc1cccc(N2C(=O)C(=O)/C(=C(\O)c3ccc(CC)cc3)C2c2ccco2)c1. The van der Waals surface area contributed by atoms with E-state index in [1.54, 1.807) is 48.5 Å². The van der Waals surface area contributed by atoms with Gasteiger partial charge in [-0.05, 0) is 42.7 Å². The third-order valence-corrected chi connectivity index (χ3v) is 5.46. The van der Waals surface area contributed by atoms with Crippen LogP contribution in [-0.2, 0) is 16.0 Å². The van der Waals surface area contributed by atoms with Crippen LogP contribution in [0.2, 0.25) is 0 Å². The number of nitrogens with zero attached hydrogens (tertiary/aromatic N) is 1. The van der Waals surface area contributed by atoms with E-state index in [9.17, 15) is 14.7 Å². The lowest BCUT2D eigenvalue weighted by Crippen LogP contribution is -2.29. The molecule has 1 fully saturated rings. The van der Waals surface area contributed by atoms with Crippen molar-refractivity contribution < 1.29 is 23.8 Å². The van der Waals surface area contributed by atoms with Crippen LogP contribution in [0.1, 0.15) is 43.2 Å². The molecule has 0 radical (unpaired) electrons. The summed E-state index contributed by atoms with van der Waals surface area (Å²) in [6, 6.07) is 16.8. The Bertz CT molecular complexity index is 1150. The Kier molecular flexibility index (Phi) is 6.12. The first kappa shape index (κ1) is 21.4. The molecule has 1 amide bonds. The predicted octanol–water partition coefficient (Wildman–Crippen LogP) is 5.26. The van der Waals surface area contributed by atoms with Crippen LogP contribution in [0.4, 0.5) is 5.69 Å². The van der Waals surface area contributed by atoms with E-state index < -0.39 is 17.7 Å². The molecule has 2 heterocycles. The van der Waals surface area contributed by atoms with Gasteiger partial charge >= 0.3 is 0 Å². The molecule has 2 aromatic carbocycles. The normalized spacial score (nSPS) is 17.7. The van der Waals surface area contributed by atoms with Gasteiger partial charge in [-0.25, -0.2) is 0 Å². The number of carbonyl (C=O) groups excluding carboxylic acids is 2. The first-order valence-electron chi connectivity index (χ1n) is 10.7. The van der Waals surface area contributed by atoms with Crippen LogP contribution in [0.5, 0.6) is 5.75 Å². The van der Waals surface area contributed by atoms with Crippen molar-refractivity contribution in [2.45, 2.75) is 32.7 Å². The van der Waals surface area contributed by atoms with Crippen LogP contribution in [0.15, 0.2) is 76.9 Å². The lowest BCUT2D eigenvalue weighted by molar-refractivity contribution is -0.132. The summed E-state index contributed by atoms with van der Waals surface area (Å²) in [7, 11) is 0. The van der Waals surface area contributed by atoms with Crippen molar-refractivity contribution >= 4 is 23.1 Å². The summed E-state index contributed by atoms with van der Waals surface area (Å²) in [5.74, 6) is -0.738. The lowest BCUT2D eigenvalue weighted by atomic mass is 9.98. The highest BCUT2D eigenvalue weighted by Crippen LogP contribution is 2.42. The number of aliphatic hydroxyl groups excluding tert-OH is 1. The summed E-state index contributed by atoms with van der Waals surface area (Å²) in [6.45, 7) is 4.58. The van der Waals surface area contributed by atoms with Gasteiger partial charge in [0.25, 0.3) is 11.7 Å². The van der Waals surface area contributed by atoms with E-state index in [0.29, 0.717) is 29.4 Å². The van der Waals surface area contributed by atoms with Gasteiger partial charge in [-0.2, -0.15) is 0 Å². The number of aryl methyl sites for hydroxylation is 1. The van der Waals surface area contributed by atoms with Gasteiger partial charge in [0, 0.05) is 17.3 Å². The number of amides is 1. The van der Waals surface area contributed by atoms with Gasteiger partial charge in [-0.3, -0.25) is 14.5 Å². The fraction of sp³-hybridized carbons (Fsp3) is 0.231. The maximum atomic E-state index is 13.1. The highest BCUT2D eigenvalue weighted by Gasteiger charge is 2.48. The number of ketones is 1. The van der Waals surface area contributed by atoms with Crippen molar-refractivity contribution in [3.8, 4) is 5.75 Å². The molecule has 1 N–H and O–H groups in total. The summed E-state index contributed by atoms with van der Waals surface area (Å²) in [4.78, 5) is 27.6. The number of hydrogen-bond acceptors (Lipinski definition) is 5. The molecule has 1 saturated heterocycles. The first-order valence-corrected chi connectivity index (χ1v) is 10.7. The Balaban J connectivity index is 1.83. The third-order valence-electron chi connectivity index (χ3n) is 5.46. The van der Waals surface area contributed by atoms with E-state index in [1.165, 1.54) is 11.2 Å². The Morgan fingerprint density at radius 2 is 1.84 bits per heavy atom. The van der Waals surface area contributed by atoms with Gasteiger partial charge in [0.1, 0.15) is 23.3 Å². The van der Waals surface area contributed by atoms with Crippen molar-refractivity contribution in [2.24, 2.45) is 0 Å². The first-order chi connectivity index (χ1) is 15.5. The van der Waals surface area contributed by atoms with E-state index >= 15 is 0 Å². The zero-order chi connectivity index (χ0) is 22.7. The molecule has 0 spiro atoms. The fourth-order valence-electron chi connectivity index (χ4n) is 3.81. The van der Waals surface area contributed by atoms with Gasteiger partial charge in [-0.1, -0.05) is 44.2 Å². The molecule has 0 bridgehead atoms. The van der Waals surface area contributed by atoms with Crippen LogP contribution in [0, 0.1) is 0 Å². The fourth-order valence-corrected chi connectivity index (χ4v) is 3.81. The number of aliphatic hydroxyl groups is 1. The van der Waals surface area contributed by atoms with Gasteiger partial charge in [0.2, 0.25) is 0 Å². The second kappa shape index (κ2) is 9.14. The molecular formula is C26H25NO5. The summed E-state index contributed by atoms with van der Waals surface area (Å²) in [5.41, 5.74) is 2.06. The Hall–Kier alpha value is -3.80. The standard InChI is InChI=1S/C26H25NO5/c1-3-14-31-20-8-5-7-19(16-20)27-23(21-9-6-15-32-21)22(25(29)26(27)30)24(28)18-12-10-17(4-2)11-13-18/h5-13,15-16,23,28H,3-4,14H2,1-2H3/b24-22-. The minimum absolute atomic E-state index is 0.00548. The molecule has 6 heteroatoms. The molecular weight excluding hydrogens is 406 g/mol.